The van der Waals surface area contributed by atoms with E-state index in [1.54, 1.807) is 30.3 Å². The molecular formula is C20H17I2N3O3. The Morgan fingerprint density at radius 3 is 2.11 bits per heavy atom. The van der Waals surface area contributed by atoms with Crippen molar-refractivity contribution in [2.24, 2.45) is 0 Å². The van der Waals surface area contributed by atoms with E-state index in [0.717, 1.165) is 18.5 Å². The lowest BCUT2D eigenvalue weighted by Gasteiger charge is -2.10. The third-order valence-electron chi connectivity index (χ3n) is 3.45. The molecule has 0 unspecified atom stereocenters. The van der Waals surface area contributed by atoms with Crippen LogP contribution >= 0.6 is 45.2 Å². The number of anilines is 2. The van der Waals surface area contributed by atoms with E-state index in [-0.39, 0.29) is 11.5 Å². The van der Waals surface area contributed by atoms with Gasteiger partial charge in [0.15, 0.2) is 0 Å². The summed E-state index contributed by atoms with van der Waals surface area (Å²) >= 11 is 4.34. The van der Waals surface area contributed by atoms with Gasteiger partial charge in [-0.05, 0) is 100 Å². The summed E-state index contributed by atoms with van der Waals surface area (Å²) in [6.07, 6.45) is 1.54. The van der Waals surface area contributed by atoms with Gasteiger partial charge >= 0.3 is 0 Å². The number of amides is 2. The number of hydrogen-bond donors (Lipinski definition) is 2. The molecule has 8 heteroatoms. The normalized spacial score (nSPS) is 10.8. The van der Waals surface area contributed by atoms with Crippen molar-refractivity contribution in [1.29, 1.82) is 5.26 Å². The first kappa shape index (κ1) is 22.2. The van der Waals surface area contributed by atoms with Gasteiger partial charge in [-0.1, -0.05) is 0 Å². The van der Waals surface area contributed by atoms with Crippen LogP contribution in [0.3, 0.4) is 0 Å². The number of halogens is 2. The van der Waals surface area contributed by atoms with Crippen molar-refractivity contribution in [3.8, 4) is 11.8 Å². The van der Waals surface area contributed by atoms with Gasteiger partial charge in [0.25, 0.3) is 5.91 Å². The van der Waals surface area contributed by atoms with Gasteiger partial charge in [0.1, 0.15) is 17.4 Å². The van der Waals surface area contributed by atoms with Gasteiger partial charge in [-0.25, -0.2) is 0 Å². The molecule has 2 aromatic carbocycles. The molecule has 0 aromatic heterocycles. The zero-order chi connectivity index (χ0) is 20.7. The van der Waals surface area contributed by atoms with Crippen molar-refractivity contribution in [2.75, 3.05) is 17.2 Å². The smallest absolute Gasteiger partial charge is 0.266 e. The van der Waals surface area contributed by atoms with Crippen LogP contribution in [0.15, 0.2) is 42.0 Å². The third-order valence-corrected chi connectivity index (χ3v) is 5.05. The van der Waals surface area contributed by atoms with Crippen LogP contribution in [0.25, 0.3) is 6.08 Å². The van der Waals surface area contributed by atoms with Gasteiger partial charge in [-0.15, -0.1) is 0 Å². The number of nitriles is 1. The highest BCUT2D eigenvalue weighted by Crippen LogP contribution is 2.30. The zero-order valence-corrected chi connectivity index (χ0v) is 19.5. The Morgan fingerprint density at radius 2 is 1.64 bits per heavy atom. The van der Waals surface area contributed by atoms with Crippen LogP contribution in [-0.4, -0.2) is 18.4 Å². The summed E-state index contributed by atoms with van der Waals surface area (Å²) in [4.78, 5) is 23.5. The Hall–Kier alpha value is -2.13. The summed E-state index contributed by atoms with van der Waals surface area (Å²) in [6, 6.07) is 12.3. The highest BCUT2D eigenvalue weighted by Gasteiger charge is 2.12. The van der Waals surface area contributed by atoms with E-state index in [4.69, 9.17) is 4.74 Å². The minimum Gasteiger partial charge on any atom is -0.492 e. The first-order valence-corrected chi connectivity index (χ1v) is 10.4. The molecule has 0 radical (unpaired) electrons. The molecule has 0 aliphatic carbocycles. The Morgan fingerprint density at radius 1 is 1.11 bits per heavy atom. The largest absolute Gasteiger partial charge is 0.492 e. The lowest BCUT2D eigenvalue weighted by Crippen LogP contribution is -2.13. The van der Waals surface area contributed by atoms with Crippen LogP contribution in [0, 0.1) is 18.5 Å². The molecule has 2 aromatic rings. The standard InChI is InChI=1S/C20H17I2N3O3/c1-3-28-19-17(21)9-13(10-18(19)22)8-14(11-23)20(27)25-16-6-4-15(5-7-16)24-12(2)26/h4-10H,3H2,1-2H3,(H,24,26)(H,25,27)/b14-8+. The average molecular weight is 601 g/mol. The molecular weight excluding hydrogens is 584 g/mol. The van der Waals surface area contributed by atoms with Gasteiger partial charge in [0.2, 0.25) is 5.91 Å². The molecule has 0 aliphatic rings. The minimum atomic E-state index is -0.506. The van der Waals surface area contributed by atoms with Gasteiger partial charge in [0, 0.05) is 18.3 Å². The van der Waals surface area contributed by atoms with Crippen LogP contribution in [-0.2, 0) is 9.59 Å². The highest BCUT2D eigenvalue weighted by molar-refractivity contribution is 14.1. The first-order chi connectivity index (χ1) is 13.3. The van der Waals surface area contributed by atoms with E-state index in [1.807, 2.05) is 25.1 Å². The Kier molecular flexibility index (Phi) is 8.25. The molecule has 2 amide bonds. The molecule has 2 rings (SSSR count). The van der Waals surface area contributed by atoms with Crippen molar-refractivity contribution >= 4 is 74.4 Å². The molecule has 0 heterocycles. The molecule has 6 nitrogen and oxygen atoms in total. The molecule has 0 atom stereocenters. The molecule has 0 fully saturated rings. The second kappa shape index (κ2) is 10.4. The molecule has 0 saturated heterocycles. The highest BCUT2D eigenvalue weighted by atomic mass is 127. The number of ether oxygens (including phenoxy) is 1. The number of nitrogens with zero attached hydrogens (tertiary/aromatic N) is 1. The van der Waals surface area contributed by atoms with Crippen molar-refractivity contribution in [3.05, 3.63) is 54.7 Å². The van der Waals surface area contributed by atoms with Crippen LogP contribution < -0.4 is 15.4 Å². The van der Waals surface area contributed by atoms with Crippen molar-refractivity contribution in [1.82, 2.24) is 0 Å². The maximum atomic E-state index is 12.4. The zero-order valence-electron chi connectivity index (χ0n) is 15.2. The van der Waals surface area contributed by atoms with E-state index in [9.17, 15) is 14.9 Å². The first-order valence-electron chi connectivity index (χ1n) is 8.26. The molecule has 144 valence electrons. The summed E-state index contributed by atoms with van der Waals surface area (Å²) in [5.41, 5.74) is 1.88. The molecule has 28 heavy (non-hydrogen) atoms. The maximum Gasteiger partial charge on any atom is 0.266 e. The number of benzene rings is 2. The van der Waals surface area contributed by atoms with Gasteiger partial charge in [-0.3, -0.25) is 9.59 Å². The predicted octanol–water partition coefficient (Wildman–Crippen LogP) is 4.80. The van der Waals surface area contributed by atoms with Crippen molar-refractivity contribution in [2.45, 2.75) is 13.8 Å². The summed E-state index contributed by atoms with van der Waals surface area (Å²) < 4.78 is 7.42. The van der Waals surface area contributed by atoms with Crippen molar-refractivity contribution < 1.29 is 14.3 Å². The lowest BCUT2D eigenvalue weighted by atomic mass is 10.1. The van der Waals surface area contributed by atoms with E-state index in [1.165, 1.54) is 6.92 Å². The fourth-order valence-electron chi connectivity index (χ4n) is 2.30. The topological polar surface area (TPSA) is 91.2 Å². The summed E-state index contributed by atoms with van der Waals surface area (Å²) in [7, 11) is 0. The van der Waals surface area contributed by atoms with Crippen LogP contribution in [0.1, 0.15) is 19.4 Å². The Balaban J connectivity index is 2.19. The monoisotopic (exact) mass is 601 g/mol. The summed E-state index contributed by atoms with van der Waals surface area (Å²) in [5.74, 6) is 0.114. The number of carbonyl (C=O) groups is 2. The quantitative estimate of drug-likeness (QED) is 0.283. The van der Waals surface area contributed by atoms with Crippen LogP contribution in [0.5, 0.6) is 5.75 Å². The van der Waals surface area contributed by atoms with Gasteiger partial charge in [-0.2, -0.15) is 5.26 Å². The van der Waals surface area contributed by atoms with Crippen LogP contribution in [0.4, 0.5) is 11.4 Å². The molecule has 0 saturated carbocycles. The number of hydrogen-bond acceptors (Lipinski definition) is 4. The maximum absolute atomic E-state index is 12.4. The summed E-state index contributed by atoms with van der Waals surface area (Å²) in [5, 5.41) is 14.7. The van der Waals surface area contributed by atoms with E-state index < -0.39 is 5.91 Å². The number of rotatable bonds is 6. The predicted molar refractivity (Wildman–Crippen MR) is 126 cm³/mol. The second-order valence-electron chi connectivity index (χ2n) is 5.63. The molecule has 2 N–H and O–H groups in total. The lowest BCUT2D eigenvalue weighted by molar-refractivity contribution is -0.114. The van der Waals surface area contributed by atoms with Crippen molar-refractivity contribution in [3.63, 3.8) is 0 Å². The van der Waals surface area contributed by atoms with Gasteiger partial charge in [0.05, 0.1) is 13.7 Å². The molecule has 0 spiro atoms. The van der Waals surface area contributed by atoms with E-state index >= 15 is 0 Å². The molecule has 0 aliphatic heterocycles. The van der Waals surface area contributed by atoms with Gasteiger partial charge < -0.3 is 15.4 Å². The Bertz CT molecular complexity index is 941. The Labute approximate surface area is 190 Å². The van der Waals surface area contributed by atoms with E-state index in [2.05, 4.69) is 55.8 Å². The molecule has 0 bridgehead atoms. The fourth-order valence-corrected chi connectivity index (χ4v) is 4.43. The second-order valence-corrected chi connectivity index (χ2v) is 7.95. The average Bonchev–Trinajstić information content (AvgIpc) is 2.64. The fraction of sp³-hybridized carbons (Fsp3) is 0.150. The minimum absolute atomic E-state index is 0.0123. The third kappa shape index (κ3) is 6.20. The number of carbonyl (C=O) groups excluding carboxylic acids is 2. The number of nitrogens with one attached hydrogen (secondary N) is 2. The SMILES string of the molecule is CCOc1c(I)cc(/C=C(\C#N)C(=O)Nc2ccc(NC(C)=O)cc2)cc1I. The van der Waals surface area contributed by atoms with E-state index in [0.29, 0.717) is 18.0 Å². The van der Waals surface area contributed by atoms with Crippen LogP contribution in [0.2, 0.25) is 0 Å². The summed E-state index contributed by atoms with van der Waals surface area (Å²) in [6.45, 7) is 3.90.